The molecule has 0 N–H and O–H groups in total. The molecular weight excluding hydrogens is 358 g/mol. The molecule has 2 aromatic heterocycles. The van der Waals surface area contributed by atoms with E-state index in [9.17, 15) is 0 Å². The van der Waals surface area contributed by atoms with Crippen LogP contribution >= 0.6 is 23.4 Å². The number of benzene rings is 2. The predicted octanol–water partition coefficient (Wildman–Crippen LogP) is 5.69. The number of thioether (sulfide) groups is 1. The molecule has 1 atom stereocenters. The summed E-state index contributed by atoms with van der Waals surface area (Å²) < 4.78 is 11.5. The molecule has 0 aliphatic rings. The Morgan fingerprint density at radius 3 is 2.64 bits per heavy atom. The Kier molecular flexibility index (Phi) is 4.23. The molecule has 0 bridgehead atoms. The molecule has 25 heavy (non-hydrogen) atoms. The average Bonchev–Trinajstić information content (AvgIpc) is 3.21. The van der Waals surface area contributed by atoms with E-state index in [1.807, 2.05) is 44.2 Å². The molecule has 126 valence electrons. The van der Waals surface area contributed by atoms with Crippen molar-refractivity contribution >= 4 is 34.5 Å². The molecule has 4 aromatic rings. The van der Waals surface area contributed by atoms with Crippen molar-refractivity contribution in [3.8, 4) is 11.5 Å². The Hall–Kier alpha value is -2.31. The van der Waals surface area contributed by atoms with Gasteiger partial charge in [-0.25, -0.2) is 4.98 Å². The van der Waals surface area contributed by atoms with Gasteiger partial charge in [0, 0.05) is 16.7 Å². The molecule has 0 radical (unpaired) electrons. The normalized spacial score (nSPS) is 12.6. The van der Waals surface area contributed by atoms with E-state index in [1.165, 1.54) is 17.3 Å². The first kappa shape index (κ1) is 16.2. The number of rotatable bonds is 4. The smallest absolute Gasteiger partial charge is 0.257 e. The first-order valence-corrected chi connectivity index (χ1v) is 8.97. The molecule has 0 saturated heterocycles. The highest BCUT2D eigenvalue weighted by atomic mass is 35.5. The number of hydrogen-bond acceptors (Lipinski definition) is 6. The highest BCUT2D eigenvalue weighted by Gasteiger charge is 2.19. The van der Waals surface area contributed by atoms with Crippen molar-refractivity contribution in [3.05, 3.63) is 58.9 Å². The second-order valence-electron chi connectivity index (χ2n) is 5.66. The Labute approximate surface area is 153 Å². The lowest BCUT2D eigenvalue weighted by atomic mass is 10.1. The van der Waals surface area contributed by atoms with Gasteiger partial charge in [0.05, 0.1) is 5.25 Å². The Balaban J connectivity index is 1.54. The van der Waals surface area contributed by atoms with E-state index in [0.29, 0.717) is 27.6 Å². The Morgan fingerprint density at radius 2 is 1.84 bits per heavy atom. The van der Waals surface area contributed by atoms with E-state index >= 15 is 0 Å². The van der Waals surface area contributed by atoms with E-state index in [2.05, 4.69) is 15.2 Å². The zero-order chi connectivity index (χ0) is 17.4. The molecule has 4 rings (SSSR count). The second kappa shape index (κ2) is 6.54. The molecule has 2 aromatic carbocycles. The van der Waals surface area contributed by atoms with E-state index in [-0.39, 0.29) is 5.25 Å². The molecule has 0 spiro atoms. The van der Waals surface area contributed by atoms with Crippen molar-refractivity contribution in [2.24, 2.45) is 0 Å². The summed E-state index contributed by atoms with van der Waals surface area (Å²) in [6, 6.07) is 13.3. The average molecular weight is 372 g/mol. The maximum absolute atomic E-state index is 5.97. The lowest BCUT2D eigenvalue weighted by Crippen LogP contribution is -1.88. The maximum atomic E-state index is 5.97. The monoisotopic (exact) mass is 371 g/mol. The van der Waals surface area contributed by atoms with Crippen molar-refractivity contribution in [1.29, 1.82) is 0 Å². The van der Waals surface area contributed by atoms with Gasteiger partial charge in [0.15, 0.2) is 5.58 Å². The summed E-state index contributed by atoms with van der Waals surface area (Å²) >= 11 is 7.39. The predicted molar refractivity (Wildman–Crippen MR) is 97.8 cm³/mol. The third-order valence-electron chi connectivity index (χ3n) is 3.70. The standard InChI is InChI=1S/C18H14ClN3O2S/c1-10-3-5-12(6-4-10)17-22-21-16(24-17)11(2)25-18-20-14-8-7-13(19)9-15(14)23-18/h3-9,11H,1-2H3. The number of oxazole rings is 1. The molecule has 0 amide bonds. The third kappa shape index (κ3) is 3.41. The number of fused-ring (bicyclic) bond motifs is 1. The second-order valence-corrected chi connectivity index (χ2v) is 7.39. The van der Waals surface area contributed by atoms with Gasteiger partial charge in [-0.3, -0.25) is 0 Å². The van der Waals surface area contributed by atoms with Gasteiger partial charge >= 0.3 is 0 Å². The first-order chi connectivity index (χ1) is 12.1. The number of nitrogens with zero attached hydrogens (tertiary/aromatic N) is 3. The van der Waals surface area contributed by atoms with E-state index in [1.54, 1.807) is 12.1 Å². The molecule has 1 unspecified atom stereocenters. The van der Waals surface area contributed by atoms with Crippen molar-refractivity contribution < 1.29 is 8.83 Å². The van der Waals surface area contributed by atoms with Crippen LogP contribution in [0, 0.1) is 6.92 Å². The number of aromatic nitrogens is 3. The quantitative estimate of drug-likeness (QED) is 0.429. The van der Waals surface area contributed by atoms with Gasteiger partial charge in [-0.15, -0.1) is 10.2 Å². The van der Waals surface area contributed by atoms with Crippen LogP contribution in [-0.4, -0.2) is 15.2 Å². The summed E-state index contributed by atoms with van der Waals surface area (Å²) in [7, 11) is 0. The summed E-state index contributed by atoms with van der Waals surface area (Å²) in [6.07, 6.45) is 0. The highest BCUT2D eigenvalue weighted by molar-refractivity contribution is 7.99. The number of aryl methyl sites for hydroxylation is 1. The van der Waals surface area contributed by atoms with Crippen molar-refractivity contribution in [2.45, 2.75) is 24.3 Å². The minimum Gasteiger partial charge on any atom is -0.431 e. The minimum atomic E-state index is -0.0877. The van der Waals surface area contributed by atoms with E-state index in [4.69, 9.17) is 20.4 Å². The van der Waals surface area contributed by atoms with Crippen molar-refractivity contribution in [2.75, 3.05) is 0 Å². The van der Waals surface area contributed by atoms with Crippen LogP contribution in [0.25, 0.3) is 22.6 Å². The lowest BCUT2D eigenvalue weighted by Gasteiger charge is -2.02. The van der Waals surface area contributed by atoms with Gasteiger partial charge in [0.2, 0.25) is 11.8 Å². The SMILES string of the molecule is Cc1ccc(-c2nnc(C(C)Sc3nc4ccc(Cl)cc4o3)o2)cc1. The van der Waals surface area contributed by atoms with Gasteiger partial charge in [-0.1, -0.05) is 41.1 Å². The molecule has 0 aliphatic heterocycles. The summed E-state index contributed by atoms with van der Waals surface area (Å²) in [6.45, 7) is 4.01. The Bertz CT molecular complexity index is 1030. The van der Waals surface area contributed by atoms with E-state index < -0.39 is 0 Å². The molecule has 5 nitrogen and oxygen atoms in total. The maximum Gasteiger partial charge on any atom is 0.257 e. The third-order valence-corrected chi connectivity index (χ3v) is 4.86. The molecule has 0 saturated carbocycles. The zero-order valence-corrected chi connectivity index (χ0v) is 15.1. The Morgan fingerprint density at radius 1 is 1.04 bits per heavy atom. The van der Waals surface area contributed by atoms with Gasteiger partial charge in [0.1, 0.15) is 5.52 Å². The largest absolute Gasteiger partial charge is 0.431 e. The molecule has 7 heteroatoms. The van der Waals surface area contributed by atoms with Crippen LogP contribution in [0.4, 0.5) is 0 Å². The number of hydrogen-bond donors (Lipinski definition) is 0. The first-order valence-electron chi connectivity index (χ1n) is 7.72. The van der Waals surface area contributed by atoms with Crippen molar-refractivity contribution in [3.63, 3.8) is 0 Å². The summed E-state index contributed by atoms with van der Waals surface area (Å²) in [5.74, 6) is 1.03. The van der Waals surface area contributed by atoms with Gasteiger partial charge < -0.3 is 8.83 Å². The summed E-state index contributed by atoms with van der Waals surface area (Å²) in [4.78, 5) is 4.44. The van der Waals surface area contributed by atoms with E-state index in [0.717, 1.165) is 11.1 Å². The van der Waals surface area contributed by atoms with Crippen LogP contribution in [-0.2, 0) is 0 Å². The lowest BCUT2D eigenvalue weighted by molar-refractivity contribution is 0.481. The summed E-state index contributed by atoms with van der Waals surface area (Å²) in [5.41, 5.74) is 3.51. The van der Waals surface area contributed by atoms with Crippen LogP contribution in [0.1, 0.15) is 23.6 Å². The minimum absolute atomic E-state index is 0.0877. The molecule has 2 heterocycles. The van der Waals surface area contributed by atoms with Gasteiger partial charge in [0.25, 0.3) is 5.22 Å². The zero-order valence-electron chi connectivity index (χ0n) is 13.6. The fraction of sp³-hybridized carbons (Fsp3) is 0.167. The summed E-state index contributed by atoms with van der Waals surface area (Å²) in [5, 5.41) is 9.36. The van der Waals surface area contributed by atoms with Crippen LogP contribution in [0.2, 0.25) is 5.02 Å². The van der Waals surface area contributed by atoms with Crippen molar-refractivity contribution in [1.82, 2.24) is 15.2 Å². The fourth-order valence-corrected chi connectivity index (χ4v) is 3.29. The van der Waals surface area contributed by atoms with Gasteiger partial charge in [-0.05, 0) is 38.1 Å². The molecule has 0 aliphatic carbocycles. The van der Waals surface area contributed by atoms with Crippen LogP contribution < -0.4 is 0 Å². The van der Waals surface area contributed by atoms with Crippen LogP contribution in [0.3, 0.4) is 0 Å². The molecular formula is C18H14ClN3O2S. The topological polar surface area (TPSA) is 65.0 Å². The van der Waals surface area contributed by atoms with Crippen LogP contribution in [0.5, 0.6) is 0 Å². The molecule has 0 fully saturated rings. The highest BCUT2D eigenvalue weighted by Crippen LogP contribution is 2.36. The number of halogens is 1. The van der Waals surface area contributed by atoms with Crippen LogP contribution in [0.15, 0.2) is 56.5 Å². The van der Waals surface area contributed by atoms with Gasteiger partial charge in [-0.2, -0.15) is 0 Å². The fourth-order valence-electron chi connectivity index (χ4n) is 2.34.